The van der Waals surface area contributed by atoms with Crippen LogP contribution in [0.25, 0.3) is 0 Å². The summed E-state index contributed by atoms with van der Waals surface area (Å²) in [4.78, 5) is 25.3. The van der Waals surface area contributed by atoms with Gasteiger partial charge in [-0.05, 0) is 81.1 Å². The van der Waals surface area contributed by atoms with Crippen molar-refractivity contribution in [2.75, 3.05) is 6.61 Å². The van der Waals surface area contributed by atoms with Crippen molar-refractivity contribution in [3.8, 4) is 11.5 Å². The van der Waals surface area contributed by atoms with E-state index in [1.54, 1.807) is 30.3 Å². The number of hydrogen-bond donors (Lipinski definition) is 2. The predicted octanol–water partition coefficient (Wildman–Crippen LogP) is 4.82. The van der Waals surface area contributed by atoms with Crippen molar-refractivity contribution < 1.29 is 19.1 Å². The number of carbonyl (C=O) groups is 2. The average molecular weight is 474 g/mol. The van der Waals surface area contributed by atoms with Gasteiger partial charge in [-0.3, -0.25) is 9.59 Å². The number of rotatable bonds is 11. The van der Waals surface area contributed by atoms with Crippen LogP contribution in [0.15, 0.2) is 47.6 Å². The van der Waals surface area contributed by atoms with E-state index in [0.29, 0.717) is 35.1 Å². The van der Waals surface area contributed by atoms with E-state index < -0.39 is 11.9 Å². The Morgan fingerprint density at radius 1 is 1.06 bits per heavy atom. The molecule has 178 valence electrons. The van der Waals surface area contributed by atoms with E-state index in [2.05, 4.69) is 15.8 Å². The Morgan fingerprint density at radius 3 is 2.36 bits per heavy atom. The zero-order valence-corrected chi connectivity index (χ0v) is 20.5. The van der Waals surface area contributed by atoms with Crippen molar-refractivity contribution in [1.29, 1.82) is 0 Å². The van der Waals surface area contributed by atoms with Crippen LogP contribution in [-0.4, -0.2) is 36.8 Å². The molecular formula is C25H32ClN3O4. The third kappa shape index (κ3) is 8.77. The zero-order valence-electron chi connectivity index (χ0n) is 19.7. The molecule has 0 heterocycles. The van der Waals surface area contributed by atoms with Crippen LogP contribution in [0.2, 0.25) is 5.02 Å². The number of amides is 2. The van der Waals surface area contributed by atoms with Crippen LogP contribution >= 0.6 is 11.6 Å². The highest BCUT2D eigenvalue weighted by atomic mass is 35.5. The zero-order chi connectivity index (χ0) is 24.4. The van der Waals surface area contributed by atoms with Gasteiger partial charge < -0.3 is 14.8 Å². The normalized spacial score (nSPS) is 12.1. The van der Waals surface area contributed by atoms with Crippen LogP contribution in [0, 0.1) is 5.92 Å². The molecule has 0 fully saturated rings. The molecule has 0 saturated carbocycles. The van der Waals surface area contributed by atoms with E-state index in [4.69, 9.17) is 21.1 Å². The largest absolute Gasteiger partial charge is 0.490 e. The molecule has 2 aromatic rings. The summed E-state index contributed by atoms with van der Waals surface area (Å²) < 4.78 is 11.4. The number of carbonyl (C=O) groups excluding carboxylic acids is 2. The number of nitrogens with one attached hydrogen (secondary N) is 2. The van der Waals surface area contributed by atoms with Gasteiger partial charge >= 0.3 is 0 Å². The van der Waals surface area contributed by atoms with Crippen LogP contribution in [0.4, 0.5) is 0 Å². The number of hydrazone groups is 1. The van der Waals surface area contributed by atoms with E-state index in [0.717, 1.165) is 5.56 Å². The van der Waals surface area contributed by atoms with Crippen molar-refractivity contribution in [2.24, 2.45) is 11.0 Å². The lowest BCUT2D eigenvalue weighted by Gasteiger charge is -2.19. The molecule has 1 atom stereocenters. The number of nitrogens with zero attached hydrogens (tertiary/aromatic N) is 1. The number of ether oxygens (including phenoxy) is 2. The van der Waals surface area contributed by atoms with Gasteiger partial charge in [-0.1, -0.05) is 25.4 Å². The van der Waals surface area contributed by atoms with Crippen LogP contribution in [0.3, 0.4) is 0 Å². The molecule has 1 unspecified atom stereocenters. The highest BCUT2D eigenvalue weighted by Gasteiger charge is 2.22. The molecule has 0 aliphatic rings. The molecule has 2 amide bonds. The Hall–Kier alpha value is -3.06. The van der Waals surface area contributed by atoms with Gasteiger partial charge in [0.15, 0.2) is 11.5 Å². The summed E-state index contributed by atoms with van der Waals surface area (Å²) in [7, 11) is 0. The van der Waals surface area contributed by atoms with Gasteiger partial charge in [-0.15, -0.1) is 0 Å². The van der Waals surface area contributed by atoms with E-state index >= 15 is 0 Å². The third-order valence-electron chi connectivity index (χ3n) is 4.45. The molecule has 2 N–H and O–H groups in total. The monoisotopic (exact) mass is 473 g/mol. The van der Waals surface area contributed by atoms with Crippen molar-refractivity contribution in [3.05, 3.63) is 58.6 Å². The second kappa shape index (κ2) is 12.8. The molecule has 0 bridgehead atoms. The fourth-order valence-corrected chi connectivity index (χ4v) is 3.14. The van der Waals surface area contributed by atoms with Crippen LogP contribution in [0.1, 0.15) is 57.0 Å². The Kier molecular flexibility index (Phi) is 10.2. The van der Waals surface area contributed by atoms with Crippen molar-refractivity contribution in [1.82, 2.24) is 10.7 Å². The third-order valence-corrected chi connectivity index (χ3v) is 4.71. The van der Waals surface area contributed by atoms with Crippen LogP contribution in [0.5, 0.6) is 11.5 Å². The van der Waals surface area contributed by atoms with Gasteiger partial charge in [0.2, 0.25) is 0 Å². The maximum Gasteiger partial charge on any atom is 0.262 e. The summed E-state index contributed by atoms with van der Waals surface area (Å²) in [5.41, 5.74) is 3.69. The van der Waals surface area contributed by atoms with E-state index in [1.165, 1.54) is 6.21 Å². The molecule has 0 radical (unpaired) electrons. The quantitative estimate of drug-likeness (QED) is 0.361. The van der Waals surface area contributed by atoms with E-state index in [-0.39, 0.29) is 17.9 Å². The van der Waals surface area contributed by atoms with Gasteiger partial charge in [-0.25, -0.2) is 5.43 Å². The lowest BCUT2D eigenvalue weighted by atomic mass is 10.0. The minimum absolute atomic E-state index is 0.0176. The highest BCUT2D eigenvalue weighted by molar-refractivity contribution is 6.30. The summed E-state index contributed by atoms with van der Waals surface area (Å²) in [6.45, 7) is 10.2. The first-order valence-corrected chi connectivity index (χ1v) is 11.4. The fraction of sp³-hybridized carbons (Fsp3) is 0.400. The van der Waals surface area contributed by atoms with E-state index in [9.17, 15) is 9.59 Å². The smallest absolute Gasteiger partial charge is 0.262 e. The molecule has 0 spiro atoms. The van der Waals surface area contributed by atoms with Gasteiger partial charge in [0.1, 0.15) is 6.04 Å². The van der Waals surface area contributed by atoms with Gasteiger partial charge in [0, 0.05) is 10.6 Å². The van der Waals surface area contributed by atoms with Gasteiger partial charge in [0.05, 0.1) is 18.9 Å². The van der Waals surface area contributed by atoms with Crippen LogP contribution < -0.4 is 20.2 Å². The molecule has 7 nitrogen and oxygen atoms in total. The molecule has 33 heavy (non-hydrogen) atoms. The van der Waals surface area contributed by atoms with Crippen molar-refractivity contribution in [2.45, 2.75) is 53.2 Å². The fourth-order valence-electron chi connectivity index (χ4n) is 3.02. The minimum Gasteiger partial charge on any atom is -0.490 e. The summed E-state index contributed by atoms with van der Waals surface area (Å²) in [6, 6.07) is 11.2. The molecule has 2 aromatic carbocycles. The van der Waals surface area contributed by atoms with Crippen molar-refractivity contribution in [3.63, 3.8) is 0 Å². The van der Waals surface area contributed by atoms with E-state index in [1.807, 2.05) is 46.8 Å². The second-order valence-electron chi connectivity index (χ2n) is 8.20. The first kappa shape index (κ1) is 26.2. The Labute approximate surface area is 200 Å². The molecule has 0 saturated heterocycles. The first-order chi connectivity index (χ1) is 15.7. The maximum absolute atomic E-state index is 12.7. The standard InChI is InChI=1S/C25H32ClN3O4/c1-6-32-23-14-18(7-12-22(23)33-17(4)5)15-27-29-25(31)21(13-16(2)3)28-24(30)19-8-10-20(26)11-9-19/h7-12,14-17,21H,6,13H2,1-5H3,(H,28,30)(H,29,31). The highest BCUT2D eigenvalue weighted by Crippen LogP contribution is 2.29. The van der Waals surface area contributed by atoms with Gasteiger partial charge in [-0.2, -0.15) is 5.10 Å². The molecule has 0 aliphatic heterocycles. The lowest BCUT2D eigenvalue weighted by molar-refractivity contribution is -0.123. The number of hydrogen-bond acceptors (Lipinski definition) is 5. The molecular weight excluding hydrogens is 442 g/mol. The lowest BCUT2D eigenvalue weighted by Crippen LogP contribution is -2.46. The summed E-state index contributed by atoms with van der Waals surface area (Å²) in [6.07, 6.45) is 2.01. The second-order valence-corrected chi connectivity index (χ2v) is 8.64. The maximum atomic E-state index is 12.7. The SMILES string of the molecule is CCOc1cc(C=NNC(=O)C(CC(C)C)NC(=O)c2ccc(Cl)cc2)ccc1OC(C)C. The summed E-state index contributed by atoms with van der Waals surface area (Å²) in [5, 5.41) is 7.38. The molecule has 2 rings (SSSR count). The first-order valence-electron chi connectivity index (χ1n) is 11.0. The van der Waals surface area contributed by atoms with Crippen LogP contribution in [-0.2, 0) is 4.79 Å². The summed E-state index contributed by atoms with van der Waals surface area (Å²) in [5.74, 6) is 0.701. The number of benzene rings is 2. The minimum atomic E-state index is -0.730. The predicted molar refractivity (Wildman–Crippen MR) is 131 cm³/mol. The Balaban J connectivity index is 2.07. The number of halogens is 1. The van der Waals surface area contributed by atoms with Gasteiger partial charge in [0.25, 0.3) is 11.8 Å². The van der Waals surface area contributed by atoms with Crippen molar-refractivity contribution >= 4 is 29.6 Å². The summed E-state index contributed by atoms with van der Waals surface area (Å²) >= 11 is 5.88. The topological polar surface area (TPSA) is 89.0 Å². The molecule has 0 aromatic heterocycles. The Morgan fingerprint density at radius 2 is 1.76 bits per heavy atom. The average Bonchev–Trinajstić information content (AvgIpc) is 2.75. The molecule has 8 heteroatoms. The molecule has 0 aliphatic carbocycles. The Bertz CT molecular complexity index is 959.